The van der Waals surface area contributed by atoms with Crippen molar-refractivity contribution in [3.05, 3.63) is 30.0 Å². The van der Waals surface area contributed by atoms with Crippen LogP contribution in [-0.2, 0) is 9.53 Å². The molecule has 2 saturated carbocycles. The van der Waals surface area contributed by atoms with Gasteiger partial charge in [-0.15, -0.1) is 0 Å². The number of esters is 1. The molecule has 1 aromatic heterocycles. The summed E-state index contributed by atoms with van der Waals surface area (Å²) in [7, 11) is 3.14. The van der Waals surface area contributed by atoms with Crippen molar-refractivity contribution in [2.45, 2.75) is 76.5 Å². The monoisotopic (exact) mass is 479 g/mol. The number of carbonyl (C=O) groups is 2. The third-order valence-electron chi connectivity index (χ3n) is 7.42. The molecular formula is C26H33N5O4. The molecule has 2 aliphatic carbocycles. The van der Waals surface area contributed by atoms with Crippen molar-refractivity contribution in [3.63, 3.8) is 0 Å². The van der Waals surface area contributed by atoms with E-state index in [1.54, 1.807) is 36.3 Å². The molecule has 0 radical (unpaired) electrons. The van der Waals surface area contributed by atoms with Crippen molar-refractivity contribution in [3.8, 4) is 5.75 Å². The lowest BCUT2D eigenvalue weighted by atomic mass is 10.1. The van der Waals surface area contributed by atoms with Crippen molar-refractivity contribution in [2.75, 3.05) is 29.3 Å². The average molecular weight is 480 g/mol. The van der Waals surface area contributed by atoms with E-state index < -0.39 is 5.97 Å². The molecule has 9 heteroatoms. The number of fused-ring (bicyclic) bond motifs is 1. The Labute approximate surface area is 205 Å². The molecule has 2 aromatic rings. The first kappa shape index (κ1) is 23.4. The summed E-state index contributed by atoms with van der Waals surface area (Å²) in [5.74, 6) is 1.41. The summed E-state index contributed by atoms with van der Waals surface area (Å²) >= 11 is 0. The van der Waals surface area contributed by atoms with E-state index in [0.29, 0.717) is 34.7 Å². The van der Waals surface area contributed by atoms with Crippen molar-refractivity contribution in [2.24, 2.45) is 0 Å². The van der Waals surface area contributed by atoms with Gasteiger partial charge in [0.2, 0.25) is 11.9 Å². The van der Waals surface area contributed by atoms with E-state index in [9.17, 15) is 9.59 Å². The number of amides is 1. The van der Waals surface area contributed by atoms with E-state index in [1.807, 2.05) is 6.92 Å². The number of hydrogen-bond acceptors (Lipinski definition) is 8. The van der Waals surface area contributed by atoms with Gasteiger partial charge in [-0.3, -0.25) is 4.79 Å². The molecule has 186 valence electrons. The Balaban J connectivity index is 1.48. The van der Waals surface area contributed by atoms with Crippen LogP contribution in [-0.4, -0.2) is 54.2 Å². The highest BCUT2D eigenvalue weighted by molar-refractivity contribution is 6.04. The molecule has 0 unspecified atom stereocenters. The average Bonchev–Trinajstić information content (AvgIpc) is 3.58. The molecule has 1 aromatic carbocycles. The molecule has 0 bridgehead atoms. The quantitative estimate of drug-likeness (QED) is 0.608. The van der Waals surface area contributed by atoms with Crippen molar-refractivity contribution >= 4 is 35.0 Å². The Kier molecular flexibility index (Phi) is 6.49. The lowest BCUT2D eigenvalue weighted by Crippen LogP contribution is -2.54. The highest BCUT2D eigenvalue weighted by Gasteiger charge is 2.39. The lowest BCUT2D eigenvalue weighted by molar-refractivity contribution is -0.119. The molecule has 0 spiro atoms. The smallest absolute Gasteiger partial charge is 0.337 e. The molecule has 1 atom stereocenters. The second-order valence-corrected chi connectivity index (χ2v) is 9.67. The largest absolute Gasteiger partial charge is 0.488 e. The second-order valence-electron chi connectivity index (χ2n) is 9.67. The summed E-state index contributed by atoms with van der Waals surface area (Å²) in [5, 5.41) is 3.30. The van der Waals surface area contributed by atoms with Gasteiger partial charge >= 0.3 is 5.97 Å². The first-order valence-corrected chi connectivity index (χ1v) is 12.5. The molecule has 3 aliphatic rings. The number of anilines is 4. The van der Waals surface area contributed by atoms with Gasteiger partial charge in [-0.1, -0.05) is 12.8 Å². The number of ether oxygens (including phenoxy) is 2. The fraction of sp³-hybridized carbons (Fsp3) is 0.538. The fourth-order valence-electron chi connectivity index (χ4n) is 5.50. The van der Waals surface area contributed by atoms with Crippen LogP contribution in [0.1, 0.15) is 68.6 Å². The third-order valence-corrected chi connectivity index (χ3v) is 7.42. The molecule has 5 rings (SSSR count). The standard InChI is InChI=1S/C26H33N5O4/c1-16-24(32)30(2)21-15-27-26(29-23(21)31(16)18-8-4-5-9-18)28-20-13-12-17(25(33)34-3)14-22(20)35-19-10-6-7-11-19/h12-16,18-19H,4-11H2,1-3H3,(H,27,28,29)/t16-/m1/s1. The minimum atomic E-state index is -0.410. The molecule has 2 heterocycles. The van der Waals surface area contributed by atoms with E-state index in [1.165, 1.54) is 7.11 Å². The van der Waals surface area contributed by atoms with Gasteiger partial charge in [0.1, 0.15) is 17.5 Å². The molecule has 1 N–H and O–H groups in total. The number of aromatic nitrogens is 2. The number of carbonyl (C=O) groups excluding carboxylic acids is 2. The number of rotatable bonds is 6. The molecule has 1 amide bonds. The minimum absolute atomic E-state index is 0.0550. The molecule has 1 aliphatic heterocycles. The van der Waals surface area contributed by atoms with E-state index in [-0.39, 0.29) is 18.1 Å². The fourth-order valence-corrected chi connectivity index (χ4v) is 5.50. The zero-order valence-electron chi connectivity index (χ0n) is 20.6. The zero-order valence-corrected chi connectivity index (χ0v) is 20.6. The summed E-state index contributed by atoms with van der Waals surface area (Å²) in [6, 6.07) is 5.23. The number of likely N-dealkylation sites (N-methyl/N-ethyl adjacent to an activating group) is 1. The number of benzene rings is 1. The summed E-state index contributed by atoms with van der Waals surface area (Å²) in [4.78, 5) is 38.2. The maximum Gasteiger partial charge on any atom is 0.337 e. The van der Waals surface area contributed by atoms with E-state index in [0.717, 1.165) is 57.2 Å². The SMILES string of the molecule is COC(=O)c1ccc(Nc2ncc3c(n2)N(C2CCCC2)[C@H](C)C(=O)N3C)c(OC2CCCC2)c1. The second kappa shape index (κ2) is 9.71. The topological polar surface area (TPSA) is 96.9 Å². The molecular weight excluding hydrogens is 446 g/mol. The van der Waals surface area contributed by atoms with Gasteiger partial charge in [-0.2, -0.15) is 4.98 Å². The van der Waals surface area contributed by atoms with Gasteiger partial charge in [0.05, 0.1) is 30.7 Å². The van der Waals surface area contributed by atoms with Crippen molar-refractivity contribution in [1.82, 2.24) is 9.97 Å². The van der Waals surface area contributed by atoms with Crippen LogP contribution in [0.3, 0.4) is 0 Å². The van der Waals surface area contributed by atoms with E-state index in [4.69, 9.17) is 14.5 Å². The van der Waals surface area contributed by atoms with Crippen LogP contribution in [0.2, 0.25) is 0 Å². The predicted molar refractivity (Wildman–Crippen MR) is 134 cm³/mol. The highest BCUT2D eigenvalue weighted by atomic mass is 16.5. The van der Waals surface area contributed by atoms with Crippen LogP contribution >= 0.6 is 0 Å². The summed E-state index contributed by atoms with van der Waals surface area (Å²) in [6.45, 7) is 1.95. The Morgan fingerprint density at radius 3 is 2.54 bits per heavy atom. The predicted octanol–water partition coefficient (Wildman–Crippen LogP) is 4.44. The van der Waals surface area contributed by atoms with Crippen LogP contribution in [0, 0.1) is 0 Å². The first-order valence-electron chi connectivity index (χ1n) is 12.5. The summed E-state index contributed by atoms with van der Waals surface area (Å²) in [5.41, 5.74) is 1.83. The van der Waals surface area contributed by atoms with Gasteiger partial charge in [0.25, 0.3) is 0 Å². The Morgan fingerprint density at radius 2 is 1.83 bits per heavy atom. The first-order chi connectivity index (χ1) is 17.0. The maximum atomic E-state index is 12.9. The molecule has 9 nitrogen and oxygen atoms in total. The number of hydrogen-bond donors (Lipinski definition) is 1. The van der Waals surface area contributed by atoms with Gasteiger partial charge in [0, 0.05) is 13.1 Å². The lowest BCUT2D eigenvalue weighted by Gasteiger charge is -2.42. The van der Waals surface area contributed by atoms with Crippen molar-refractivity contribution in [1.29, 1.82) is 0 Å². The molecule has 0 saturated heterocycles. The number of nitrogens with one attached hydrogen (secondary N) is 1. The zero-order chi connectivity index (χ0) is 24.5. The van der Waals surface area contributed by atoms with E-state index >= 15 is 0 Å². The van der Waals surface area contributed by atoms with E-state index in [2.05, 4.69) is 15.2 Å². The van der Waals surface area contributed by atoms with Gasteiger partial charge in [0.15, 0.2) is 5.82 Å². The Hall–Kier alpha value is -3.36. The summed E-state index contributed by atoms with van der Waals surface area (Å²) in [6.07, 6.45) is 10.5. The Morgan fingerprint density at radius 1 is 1.11 bits per heavy atom. The van der Waals surface area contributed by atoms with Crippen LogP contribution in [0.15, 0.2) is 24.4 Å². The summed E-state index contributed by atoms with van der Waals surface area (Å²) < 4.78 is 11.2. The van der Waals surface area contributed by atoms with Crippen LogP contribution in [0.5, 0.6) is 5.75 Å². The minimum Gasteiger partial charge on any atom is -0.488 e. The van der Waals surface area contributed by atoms with Crippen LogP contribution in [0.25, 0.3) is 0 Å². The Bertz CT molecular complexity index is 1110. The normalized spacial score (nSPS) is 20.8. The number of methoxy groups -OCH3 is 1. The van der Waals surface area contributed by atoms with Crippen LogP contribution in [0.4, 0.5) is 23.1 Å². The molecule has 35 heavy (non-hydrogen) atoms. The highest BCUT2D eigenvalue weighted by Crippen LogP contribution is 2.40. The third kappa shape index (κ3) is 4.51. The van der Waals surface area contributed by atoms with Crippen LogP contribution < -0.4 is 19.9 Å². The van der Waals surface area contributed by atoms with Gasteiger partial charge < -0.3 is 24.6 Å². The number of nitrogens with zero attached hydrogens (tertiary/aromatic N) is 4. The maximum absolute atomic E-state index is 12.9. The van der Waals surface area contributed by atoms with Crippen molar-refractivity contribution < 1.29 is 19.1 Å². The molecule has 2 fully saturated rings. The van der Waals surface area contributed by atoms with Gasteiger partial charge in [-0.25, -0.2) is 9.78 Å². The van der Waals surface area contributed by atoms with Gasteiger partial charge in [-0.05, 0) is 63.6 Å².